The largest absolute Gasteiger partial charge is 0.349 e. The van der Waals surface area contributed by atoms with Crippen LogP contribution in [-0.2, 0) is 11.3 Å². The lowest BCUT2D eigenvalue weighted by molar-refractivity contribution is -0.127. The Morgan fingerprint density at radius 1 is 1.22 bits per heavy atom. The first-order valence-electron chi connectivity index (χ1n) is 9.76. The van der Waals surface area contributed by atoms with Gasteiger partial charge in [-0.05, 0) is 69.0 Å². The number of carbonyl (C=O) groups is 1. The van der Waals surface area contributed by atoms with Crippen molar-refractivity contribution in [3.8, 4) is 0 Å². The van der Waals surface area contributed by atoms with Crippen LogP contribution in [0.2, 0.25) is 0 Å². The maximum atomic E-state index is 13.1. The normalized spacial score (nSPS) is 18.9. The van der Waals surface area contributed by atoms with E-state index in [1.54, 1.807) is 0 Å². The molecule has 0 radical (unpaired) electrons. The number of rotatable bonds is 5. The highest BCUT2D eigenvalue weighted by molar-refractivity contribution is 5.79. The maximum absolute atomic E-state index is 13.1. The van der Waals surface area contributed by atoms with Crippen LogP contribution in [-0.4, -0.2) is 23.9 Å². The van der Waals surface area contributed by atoms with E-state index < -0.39 is 0 Å². The maximum Gasteiger partial charge on any atom is 0.224 e. The minimum absolute atomic E-state index is 0.00516. The van der Waals surface area contributed by atoms with Gasteiger partial charge in [0, 0.05) is 13.1 Å². The fraction of sp³-hybridized carbons (Fsp3) is 0.435. The van der Waals surface area contributed by atoms with Crippen molar-refractivity contribution in [1.82, 2.24) is 10.2 Å². The fourth-order valence-corrected chi connectivity index (χ4v) is 3.98. The van der Waals surface area contributed by atoms with Crippen LogP contribution in [0.4, 0.5) is 4.39 Å². The van der Waals surface area contributed by atoms with Gasteiger partial charge in [-0.25, -0.2) is 4.39 Å². The van der Waals surface area contributed by atoms with Crippen LogP contribution in [0.15, 0.2) is 42.5 Å². The summed E-state index contributed by atoms with van der Waals surface area (Å²) in [5.41, 5.74) is 4.71. The Hall–Kier alpha value is -2.20. The van der Waals surface area contributed by atoms with Gasteiger partial charge >= 0.3 is 0 Å². The molecule has 2 aromatic rings. The summed E-state index contributed by atoms with van der Waals surface area (Å²) in [5.74, 6) is -0.0753. The number of piperidine rings is 1. The smallest absolute Gasteiger partial charge is 0.224 e. The molecule has 1 heterocycles. The molecule has 0 aromatic heterocycles. The van der Waals surface area contributed by atoms with Crippen LogP contribution in [0.5, 0.6) is 0 Å². The average molecular weight is 368 g/mol. The van der Waals surface area contributed by atoms with E-state index in [4.69, 9.17) is 0 Å². The van der Waals surface area contributed by atoms with Crippen molar-refractivity contribution in [2.24, 2.45) is 5.92 Å². The molecule has 0 aliphatic carbocycles. The predicted octanol–water partition coefficient (Wildman–Crippen LogP) is 4.53. The fourth-order valence-electron chi connectivity index (χ4n) is 3.98. The molecule has 1 fully saturated rings. The number of likely N-dealkylation sites (tertiary alicyclic amines) is 1. The van der Waals surface area contributed by atoms with Gasteiger partial charge in [-0.2, -0.15) is 0 Å². The summed E-state index contributed by atoms with van der Waals surface area (Å²) < 4.78 is 13.1. The number of hydrogen-bond donors (Lipinski definition) is 1. The number of amides is 1. The molecule has 1 aliphatic heterocycles. The van der Waals surface area contributed by atoms with Gasteiger partial charge in [0.15, 0.2) is 0 Å². The Balaban J connectivity index is 1.58. The molecule has 2 aromatic carbocycles. The van der Waals surface area contributed by atoms with Crippen LogP contribution in [0.25, 0.3) is 0 Å². The lowest BCUT2D eigenvalue weighted by Crippen LogP contribution is -2.43. The van der Waals surface area contributed by atoms with Crippen molar-refractivity contribution in [3.05, 3.63) is 70.5 Å². The molecular formula is C23H29FN2O. The standard InChI is InChI=1S/C23H29FN2O/c1-16-6-11-22(17(2)13-16)18(3)25-23(27)20-5-4-12-26(15-20)14-19-7-9-21(24)10-8-19/h6-11,13,18,20H,4-5,12,14-15H2,1-3H3,(H,25,27)/t18-,20+/m0/s1. The van der Waals surface area contributed by atoms with Crippen molar-refractivity contribution in [3.63, 3.8) is 0 Å². The monoisotopic (exact) mass is 368 g/mol. The molecule has 1 saturated heterocycles. The highest BCUT2D eigenvalue weighted by Gasteiger charge is 2.27. The van der Waals surface area contributed by atoms with E-state index in [0.29, 0.717) is 0 Å². The molecule has 1 amide bonds. The van der Waals surface area contributed by atoms with Gasteiger partial charge in [-0.15, -0.1) is 0 Å². The second-order valence-corrected chi connectivity index (χ2v) is 7.79. The van der Waals surface area contributed by atoms with Crippen LogP contribution < -0.4 is 5.32 Å². The average Bonchev–Trinajstić information content (AvgIpc) is 2.63. The first kappa shape index (κ1) is 19.6. The third-order valence-corrected chi connectivity index (χ3v) is 5.45. The number of aryl methyl sites for hydroxylation is 2. The van der Waals surface area contributed by atoms with Gasteiger partial charge in [0.1, 0.15) is 5.82 Å². The van der Waals surface area contributed by atoms with E-state index in [-0.39, 0.29) is 23.7 Å². The van der Waals surface area contributed by atoms with E-state index in [2.05, 4.69) is 49.2 Å². The number of nitrogens with zero attached hydrogens (tertiary/aromatic N) is 1. The van der Waals surface area contributed by atoms with Crippen LogP contribution in [0.1, 0.15) is 48.1 Å². The molecule has 3 rings (SSSR count). The summed E-state index contributed by atoms with van der Waals surface area (Å²) in [4.78, 5) is 15.1. The molecule has 27 heavy (non-hydrogen) atoms. The second-order valence-electron chi connectivity index (χ2n) is 7.79. The molecule has 144 valence electrons. The Kier molecular flexibility index (Phi) is 6.27. The zero-order valence-corrected chi connectivity index (χ0v) is 16.5. The van der Waals surface area contributed by atoms with Crippen LogP contribution >= 0.6 is 0 Å². The highest BCUT2D eigenvalue weighted by Crippen LogP contribution is 2.22. The number of benzene rings is 2. The predicted molar refractivity (Wildman–Crippen MR) is 107 cm³/mol. The summed E-state index contributed by atoms with van der Waals surface area (Å²) >= 11 is 0. The van der Waals surface area contributed by atoms with Crippen molar-refractivity contribution < 1.29 is 9.18 Å². The van der Waals surface area contributed by atoms with Gasteiger partial charge in [0.05, 0.1) is 12.0 Å². The van der Waals surface area contributed by atoms with Crippen molar-refractivity contribution in [2.75, 3.05) is 13.1 Å². The molecule has 2 atom stereocenters. The summed E-state index contributed by atoms with van der Waals surface area (Å²) in [7, 11) is 0. The SMILES string of the molecule is Cc1ccc([C@H](C)NC(=O)[C@@H]2CCCN(Cc3ccc(F)cc3)C2)c(C)c1. The number of nitrogens with one attached hydrogen (secondary N) is 1. The van der Waals surface area contributed by atoms with E-state index in [9.17, 15) is 9.18 Å². The Bertz CT molecular complexity index is 787. The quantitative estimate of drug-likeness (QED) is 0.841. The second kappa shape index (κ2) is 8.66. The molecule has 0 unspecified atom stereocenters. The van der Waals surface area contributed by atoms with Gasteiger partial charge in [-0.3, -0.25) is 9.69 Å². The van der Waals surface area contributed by atoms with Gasteiger partial charge in [0.2, 0.25) is 5.91 Å². The first-order chi connectivity index (χ1) is 12.9. The minimum atomic E-state index is -0.213. The van der Waals surface area contributed by atoms with Crippen LogP contribution in [0, 0.1) is 25.6 Å². The minimum Gasteiger partial charge on any atom is -0.349 e. The zero-order valence-electron chi connectivity index (χ0n) is 16.5. The first-order valence-corrected chi connectivity index (χ1v) is 9.76. The van der Waals surface area contributed by atoms with Gasteiger partial charge in [0.25, 0.3) is 0 Å². The summed E-state index contributed by atoms with van der Waals surface area (Å²) in [5, 5.41) is 3.20. The molecule has 4 heteroatoms. The zero-order chi connectivity index (χ0) is 19.4. The van der Waals surface area contributed by atoms with Gasteiger partial charge < -0.3 is 5.32 Å². The van der Waals surface area contributed by atoms with E-state index in [1.165, 1.54) is 28.8 Å². The van der Waals surface area contributed by atoms with Crippen molar-refractivity contribution >= 4 is 5.91 Å². The lowest BCUT2D eigenvalue weighted by Gasteiger charge is -2.32. The number of hydrogen-bond acceptors (Lipinski definition) is 2. The molecule has 0 saturated carbocycles. The third kappa shape index (κ3) is 5.16. The molecule has 3 nitrogen and oxygen atoms in total. The topological polar surface area (TPSA) is 32.3 Å². The van der Waals surface area contributed by atoms with Crippen molar-refractivity contribution in [1.29, 1.82) is 0 Å². The van der Waals surface area contributed by atoms with E-state index >= 15 is 0 Å². The third-order valence-electron chi connectivity index (χ3n) is 5.45. The number of halogens is 1. The van der Waals surface area contributed by atoms with E-state index in [0.717, 1.165) is 38.0 Å². The Labute approximate surface area is 161 Å². The van der Waals surface area contributed by atoms with Crippen LogP contribution in [0.3, 0.4) is 0 Å². The molecule has 1 aliphatic rings. The lowest BCUT2D eigenvalue weighted by atomic mass is 9.95. The summed E-state index contributed by atoms with van der Waals surface area (Å²) in [6.07, 6.45) is 1.93. The molecular weight excluding hydrogens is 339 g/mol. The summed E-state index contributed by atoms with van der Waals surface area (Å²) in [6.45, 7) is 8.72. The van der Waals surface area contributed by atoms with Gasteiger partial charge in [-0.1, -0.05) is 35.9 Å². The molecule has 1 N–H and O–H groups in total. The highest BCUT2D eigenvalue weighted by atomic mass is 19.1. The molecule has 0 spiro atoms. The molecule has 0 bridgehead atoms. The summed E-state index contributed by atoms with van der Waals surface area (Å²) in [6, 6.07) is 13.0. The Morgan fingerprint density at radius 2 is 1.96 bits per heavy atom. The number of carbonyl (C=O) groups excluding carboxylic acids is 1. The Morgan fingerprint density at radius 3 is 2.67 bits per heavy atom. The van der Waals surface area contributed by atoms with Crippen molar-refractivity contribution in [2.45, 2.75) is 46.2 Å². The van der Waals surface area contributed by atoms with E-state index in [1.807, 2.05) is 12.1 Å².